The van der Waals surface area contributed by atoms with Gasteiger partial charge in [0.1, 0.15) is 0 Å². The lowest BCUT2D eigenvalue weighted by Gasteiger charge is -2.07. The number of carbonyl (C=O) groups excluding carboxylic acids is 1. The fourth-order valence-corrected chi connectivity index (χ4v) is 1.43. The van der Waals surface area contributed by atoms with Crippen molar-refractivity contribution in [2.24, 2.45) is 0 Å². The van der Waals surface area contributed by atoms with E-state index in [-0.39, 0.29) is 28.8 Å². The summed E-state index contributed by atoms with van der Waals surface area (Å²) in [7, 11) is 2.87. The Balaban J connectivity index is 2.25. The summed E-state index contributed by atoms with van der Waals surface area (Å²) in [6.07, 6.45) is 1.38. The van der Waals surface area contributed by atoms with E-state index in [1.165, 1.54) is 38.6 Å². The van der Waals surface area contributed by atoms with Gasteiger partial charge in [-0.3, -0.25) is 14.9 Å². The summed E-state index contributed by atoms with van der Waals surface area (Å²) in [5.74, 6) is 0.00834. The van der Waals surface area contributed by atoms with Gasteiger partial charge in [-0.15, -0.1) is 0 Å². The van der Waals surface area contributed by atoms with Gasteiger partial charge in [-0.1, -0.05) is 0 Å². The first kappa shape index (κ1) is 13.5. The van der Waals surface area contributed by atoms with Crippen LogP contribution in [0.5, 0.6) is 11.8 Å². The van der Waals surface area contributed by atoms with Crippen LogP contribution in [0.2, 0.25) is 0 Å². The molecule has 2 aromatic heterocycles. The van der Waals surface area contributed by atoms with Crippen LogP contribution in [0.15, 0.2) is 29.2 Å². The quantitative estimate of drug-likeness (QED) is 0.839. The Morgan fingerprint density at radius 1 is 1.20 bits per heavy atom. The fraction of sp³-hybridized carbons (Fsp3) is 0.167. The molecular formula is C12H12N4O4. The van der Waals surface area contributed by atoms with E-state index in [9.17, 15) is 9.59 Å². The predicted octanol–water partition coefficient (Wildman–Crippen LogP) is 0.434. The van der Waals surface area contributed by atoms with Crippen molar-refractivity contribution in [2.45, 2.75) is 0 Å². The molecule has 0 aliphatic rings. The molecule has 0 unspecified atom stereocenters. The number of ether oxygens (including phenoxy) is 2. The molecule has 0 spiro atoms. The van der Waals surface area contributed by atoms with Crippen molar-refractivity contribution in [1.29, 1.82) is 0 Å². The third-order valence-electron chi connectivity index (χ3n) is 2.36. The molecule has 2 heterocycles. The maximum atomic E-state index is 11.9. The van der Waals surface area contributed by atoms with Crippen LogP contribution in [0.1, 0.15) is 10.4 Å². The van der Waals surface area contributed by atoms with Crippen molar-refractivity contribution < 1.29 is 14.3 Å². The van der Waals surface area contributed by atoms with Gasteiger partial charge in [0.15, 0.2) is 0 Å². The zero-order chi connectivity index (χ0) is 14.5. The first-order chi connectivity index (χ1) is 9.62. The van der Waals surface area contributed by atoms with Gasteiger partial charge >= 0.3 is 0 Å². The van der Waals surface area contributed by atoms with E-state index in [4.69, 9.17) is 9.47 Å². The SMILES string of the molecule is COc1cc(OC)nc(NC(=O)c2cc[nH]c(=O)c2)n1. The fourth-order valence-electron chi connectivity index (χ4n) is 1.43. The van der Waals surface area contributed by atoms with E-state index in [1.807, 2.05) is 0 Å². The average Bonchev–Trinajstić information content (AvgIpc) is 2.46. The summed E-state index contributed by atoms with van der Waals surface area (Å²) < 4.78 is 9.93. The summed E-state index contributed by atoms with van der Waals surface area (Å²) in [6, 6.07) is 4.11. The Labute approximate surface area is 113 Å². The van der Waals surface area contributed by atoms with Crippen molar-refractivity contribution >= 4 is 11.9 Å². The van der Waals surface area contributed by atoms with E-state index in [2.05, 4.69) is 20.3 Å². The number of pyridine rings is 1. The number of hydrogen-bond acceptors (Lipinski definition) is 6. The summed E-state index contributed by atoms with van der Waals surface area (Å²) in [4.78, 5) is 33.4. The zero-order valence-electron chi connectivity index (χ0n) is 10.8. The zero-order valence-corrected chi connectivity index (χ0v) is 10.8. The van der Waals surface area contributed by atoms with E-state index in [1.54, 1.807) is 0 Å². The molecule has 0 aliphatic heterocycles. The number of amides is 1. The van der Waals surface area contributed by atoms with Gasteiger partial charge in [-0.25, -0.2) is 0 Å². The van der Waals surface area contributed by atoms with Crippen LogP contribution in [-0.4, -0.2) is 35.1 Å². The average molecular weight is 276 g/mol. The lowest BCUT2D eigenvalue weighted by atomic mass is 10.2. The van der Waals surface area contributed by atoms with Crippen LogP contribution in [0, 0.1) is 0 Å². The Morgan fingerprint density at radius 2 is 1.85 bits per heavy atom. The maximum Gasteiger partial charge on any atom is 0.258 e. The highest BCUT2D eigenvalue weighted by molar-refractivity contribution is 6.03. The molecule has 0 radical (unpaired) electrons. The minimum Gasteiger partial charge on any atom is -0.481 e. The summed E-state index contributed by atoms with van der Waals surface area (Å²) >= 11 is 0. The Bertz CT molecular complexity index is 661. The van der Waals surface area contributed by atoms with Crippen LogP contribution >= 0.6 is 0 Å². The third kappa shape index (κ3) is 3.10. The molecule has 0 aliphatic carbocycles. The first-order valence-corrected chi connectivity index (χ1v) is 5.59. The second-order valence-corrected chi connectivity index (χ2v) is 3.67. The van der Waals surface area contributed by atoms with Crippen molar-refractivity contribution in [1.82, 2.24) is 15.0 Å². The molecule has 8 nitrogen and oxygen atoms in total. The molecular weight excluding hydrogens is 264 g/mol. The number of nitrogens with zero attached hydrogens (tertiary/aromatic N) is 2. The molecule has 104 valence electrons. The van der Waals surface area contributed by atoms with Crippen molar-refractivity contribution in [3.05, 3.63) is 40.3 Å². The monoisotopic (exact) mass is 276 g/mol. The predicted molar refractivity (Wildman–Crippen MR) is 70.2 cm³/mol. The standard InChI is InChI=1S/C12H12N4O4/c1-19-9-6-10(20-2)15-12(14-9)16-11(18)7-3-4-13-8(17)5-7/h3-6H,1-2H3,(H,13,17)(H,14,15,16,18). The Morgan fingerprint density at radius 3 is 2.40 bits per heavy atom. The van der Waals surface area contributed by atoms with Crippen molar-refractivity contribution in [3.63, 3.8) is 0 Å². The molecule has 0 bridgehead atoms. The molecule has 2 rings (SSSR count). The summed E-state index contributed by atoms with van der Waals surface area (Å²) in [5, 5.41) is 2.46. The number of aromatic nitrogens is 3. The van der Waals surface area contributed by atoms with Gasteiger partial charge in [0, 0.05) is 17.8 Å². The molecule has 0 fully saturated rings. The van der Waals surface area contributed by atoms with E-state index >= 15 is 0 Å². The number of methoxy groups -OCH3 is 2. The van der Waals surface area contributed by atoms with E-state index in [0.717, 1.165) is 0 Å². The van der Waals surface area contributed by atoms with Crippen molar-refractivity contribution in [2.75, 3.05) is 19.5 Å². The van der Waals surface area contributed by atoms with Gasteiger partial charge < -0.3 is 14.5 Å². The number of H-pyrrole nitrogens is 1. The van der Waals surface area contributed by atoms with Gasteiger partial charge in [0.05, 0.1) is 20.3 Å². The minimum atomic E-state index is -0.508. The summed E-state index contributed by atoms with van der Waals surface area (Å²) in [5.41, 5.74) is -0.180. The third-order valence-corrected chi connectivity index (χ3v) is 2.36. The van der Waals surface area contributed by atoms with Gasteiger partial charge in [-0.2, -0.15) is 9.97 Å². The van der Waals surface area contributed by atoms with Crippen LogP contribution in [0.3, 0.4) is 0 Å². The molecule has 1 amide bonds. The largest absolute Gasteiger partial charge is 0.481 e. The molecule has 0 atom stereocenters. The highest BCUT2D eigenvalue weighted by Crippen LogP contribution is 2.17. The Hall–Kier alpha value is -2.90. The number of anilines is 1. The molecule has 8 heteroatoms. The highest BCUT2D eigenvalue weighted by Gasteiger charge is 2.11. The molecule has 2 aromatic rings. The summed E-state index contributed by atoms with van der Waals surface area (Å²) in [6.45, 7) is 0. The van der Waals surface area contributed by atoms with Gasteiger partial charge in [-0.05, 0) is 6.07 Å². The molecule has 0 aromatic carbocycles. The van der Waals surface area contributed by atoms with Gasteiger partial charge in [0.25, 0.3) is 5.91 Å². The Kier molecular flexibility index (Phi) is 3.94. The smallest absolute Gasteiger partial charge is 0.258 e. The number of nitrogens with one attached hydrogen (secondary N) is 2. The highest BCUT2D eigenvalue weighted by atomic mass is 16.5. The molecule has 0 saturated carbocycles. The van der Waals surface area contributed by atoms with Crippen LogP contribution in [0.25, 0.3) is 0 Å². The number of aromatic amines is 1. The second-order valence-electron chi connectivity index (χ2n) is 3.67. The number of hydrogen-bond donors (Lipinski definition) is 2. The lowest BCUT2D eigenvalue weighted by Crippen LogP contribution is -2.17. The molecule has 2 N–H and O–H groups in total. The van der Waals surface area contributed by atoms with Gasteiger partial charge in [0.2, 0.25) is 23.3 Å². The van der Waals surface area contributed by atoms with E-state index < -0.39 is 5.91 Å². The maximum absolute atomic E-state index is 11.9. The molecule has 20 heavy (non-hydrogen) atoms. The number of rotatable bonds is 4. The van der Waals surface area contributed by atoms with Crippen LogP contribution < -0.4 is 20.3 Å². The van der Waals surface area contributed by atoms with Crippen LogP contribution in [-0.2, 0) is 0 Å². The molecule has 0 saturated heterocycles. The van der Waals surface area contributed by atoms with Crippen LogP contribution in [0.4, 0.5) is 5.95 Å². The normalized spacial score (nSPS) is 9.90. The second kappa shape index (κ2) is 5.83. The minimum absolute atomic E-state index is 0.0199. The first-order valence-electron chi connectivity index (χ1n) is 5.59. The van der Waals surface area contributed by atoms with E-state index in [0.29, 0.717) is 0 Å². The number of carbonyl (C=O) groups is 1. The topological polar surface area (TPSA) is 106 Å². The van der Waals surface area contributed by atoms with Crippen molar-refractivity contribution in [3.8, 4) is 11.8 Å². The lowest BCUT2D eigenvalue weighted by molar-refractivity contribution is 0.102.